The first-order valence-electron chi connectivity index (χ1n) is 9.62. The van der Waals surface area contributed by atoms with E-state index in [2.05, 4.69) is 21.9 Å². The highest BCUT2D eigenvalue weighted by molar-refractivity contribution is 5.96. The molecular formula is C22H26FN3O2. The number of carbonyl (C=O) groups excluding carboxylic acids is 1. The summed E-state index contributed by atoms with van der Waals surface area (Å²) in [5.41, 5.74) is 1.78. The topological polar surface area (TPSA) is 36.0 Å². The predicted molar refractivity (Wildman–Crippen MR) is 107 cm³/mol. The second kappa shape index (κ2) is 7.53. The van der Waals surface area contributed by atoms with Crippen LogP contribution in [-0.4, -0.2) is 61.6 Å². The van der Waals surface area contributed by atoms with Gasteiger partial charge in [-0.2, -0.15) is 0 Å². The summed E-state index contributed by atoms with van der Waals surface area (Å²) in [5, 5.41) is 0. The van der Waals surface area contributed by atoms with Crippen molar-refractivity contribution < 1.29 is 13.9 Å². The van der Waals surface area contributed by atoms with Gasteiger partial charge in [-0.1, -0.05) is 18.2 Å². The van der Waals surface area contributed by atoms with Crippen LogP contribution in [0.3, 0.4) is 0 Å². The third-order valence-corrected chi connectivity index (χ3v) is 6.03. The van der Waals surface area contributed by atoms with Gasteiger partial charge in [-0.15, -0.1) is 0 Å². The lowest BCUT2D eigenvalue weighted by Crippen LogP contribution is -2.64. The molecule has 2 aromatic carbocycles. The molecule has 4 rings (SSSR count). The number of amides is 1. The van der Waals surface area contributed by atoms with Crippen molar-refractivity contribution in [1.29, 1.82) is 0 Å². The Balaban J connectivity index is 1.49. The Labute approximate surface area is 165 Å². The highest BCUT2D eigenvalue weighted by atomic mass is 19.1. The van der Waals surface area contributed by atoms with Crippen LogP contribution < -0.4 is 9.64 Å². The zero-order valence-electron chi connectivity index (χ0n) is 16.4. The number of benzene rings is 2. The fourth-order valence-corrected chi connectivity index (χ4v) is 4.34. The normalized spacial score (nSPS) is 23.5. The molecule has 0 aromatic heterocycles. The Morgan fingerprint density at radius 2 is 1.93 bits per heavy atom. The van der Waals surface area contributed by atoms with Crippen LogP contribution in [0.1, 0.15) is 12.0 Å². The van der Waals surface area contributed by atoms with Gasteiger partial charge in [0.15, 0.2) is 0 Å². The number of carbonyl (C=O) groups is 1. The molecular weight excluding hydrogens is 357 g/mol. The SMILES string of the molecule is COc1ccc(CN2CC[C@@]3(C2)CN(c2cccc(F)c2)C(=O)CN3C)cc1. The zero-order valence-corrected chi connectivity index (χ0v) is 16.4. The third-order valence-electron chi connectivity index (χ3n) is 6.03. The first kappa shape index (κ1) is 18.9. The van der Waals surface area contributed by atoms with E-state index in [9.17, 15) is 9.18 Å². The molecule has 1 atom stereocenters. The summed E-state index contributed by atoms with van der Waals surface area (Å²) >= 11 is 0. The van der Waals surface area contributed by atoms with Gasteiger partial charge in [0, 0.05) is 31.9 Å². The third kappa shape index (κ3) is 3.62. The molecule has 0 aliphatic carbocycles. The molecule has 2 heterocycles. The maximum Gasteiger partial charge on any atom is 0.241 e. The van der Waals surface area contributed by atoms with Gasteiger partial charge in [0.2, 0.25) is 5.91 Å². The molecule has 2 aromatic rings. The lowest BCUT2D eigenvalue weighted by Gasteiger charge is -2.47. The Bertz CT molecular complexity index is 857. The smallest absolute Gasteiger partial charge is 0.241 e. The van der Waals surface area contributed by atoms with Gasteiger partial charge in [-0.3, -0.25) is 14.6 Å². The van der Waals surface area contributed by atoms with Crippen LogP contribution in [0.4, 0.5) is 10.1 Å². The molecule has 6 heteroatoms. The Kier molecular flexibility index (Phi) is 5.08. The summed E-state index contributed by atoms with van der Waals surface area (Å²) in [5.74, 6) is 0.566. The first-order chi connectivity index (χ1) is 13.5. The van der Waals surface area contributed by atoms with Gasteiger partial charge in [0.1, 0.15) is 11.6 Å². The summed E-state index contributed by atoms with van der Waals surface area (Å²) in [6, 6.07) is 14.5. The number of halogens is 1. The summed E-state index contributed by atoms with van der Waals surface area (Å²) in [6.07, 6.45) is 0.985. The number of hydrogen-bond acceptors (Lipinski definition) is 4. The molecule has 2 saturated heterocycles. The van der Waals surface area contributed by atoms with E-state index in [1.165, 1.54) is 17.7 Å². The second-order valence-electron chi connectivity index (χ2n) is 7.85. The van der Waals surface area contributed by atoms with Crippen LogP contribution in [-0.2, 0) is 11.3 Å². The molecule has 1 amide bonds. The van der Waals surface area contributed by atoms with Crippen molar-refractivity contribution in [2.45, 2.75) is 18.5 Å². The molecule has 28 heavy (non-hydrogen) atoms. The minimum absolute atomic E-state index is 0.0207. The summed E-state index contributed by atoms with van der Waals surface area (Å²) in [7, 11) is 3.70. The average Bonchev–Trinajstić information content (AvgIpc) is 3.09. The molecule has 2 fully saturated rings. The summed E-state index contributed by atoms with van der Waals surface area (Å²) in [6.45, 7) is 3.67. The van der Waals surface area contributed by atoms with Crippen molar-refractivity contribution in [1.82, 2.24) is 9.80 Å². The summed E-state index contributed by atoms with van der Waals surface area (Å²) in [4.78, 5) is 19.0. The molecule has 0 radical (unpaired) electrons. The van der Waals surface area contributed by atoms with Crippen molar-refractivity contribution in [3.8, 4) is 5.75 Å². The van der Waals surface area contributed by atoms with E-state index in [0.29, 0.717) is 18.8 Å². The van der Waals surface area contributed by atoms with Gasteiger partial charge in [0.25, 0.3) is 0 Å². The van der Waals surface area contributed by atoms with Crippen LogP contribution in [0.25, 0.3) is 0 Å². The van der Waals surface area contributed by atoms with Crippen LogP contribution in [0, 0.1) is 5.82 Å². The van der Waals surface area contributed by atoms with E-state index in [1.54, 1.807) is 18.1 Å². The minimum Gasteiger partial charge on any atom is -0.497 e. The molecule has 0 saturated carbocycles. The quantitative estimate of drug-likeness (QED) is 0.814. The minimum atomic E-state index is -0.314. The van der Waals surface area contributed by atoms with E-state index < -0.39 is 0 Å². The van der Waals surface area contributed by atoms with Crippen molar-refractivity contribution in [3.63, 3.8) is 0 Å². The second-order valence-corrected chi connectivity index (χ2v) is 7.85. The van der Waals surface area contributed by atoms with Crippen LogP contribution >= 0.6 is 0 Å². The highest BCUT2D eigenvalue weighted by Gasteiger charge is 2.47. The zero-order chi connectivity index (χ0) is 19.7. The number of ether oxygens (including phenoxy) is 1. The fourth-order valence-electron chi connectivity index (χ4n) is 4.34. The molecule has 2 aliphatic rings. The molecule has 2 aliphatic heterocycles. The molecule has 0 unspecified atom stereocenters. The van der Waals surface area contributed by atoms with Crippen LogP contribution in [0.15, 0.2) is 48.5 Å². The van der Waals surface area contributed by atoms with Gasteiger partial charge in [-0.25, -0.2) is 4.39 Å². The number of likely N-dealkylation sites (tertiary alicyclic amines) is 1. The molecule has 5 nitrogen and oxygen atoms in total. The van der Waals surface area contributed by atoms with Crippen molar-refractivity contribution in [2.24, 2.45) is 0 Å². The first-order valence-corrected chi connectivity index (χ1v) is 9.62. The maximum absolute atomic E-state index is 13.7. The molecule has 148 valence electrons. The fraction of sp³-hybridized carbons (Fsp3) is 0.409. The largest absolute Gasteiger partial charge is 0.497 e. The van der Waals surface area contributed by atoms with Crippen molar-refractivity contribution in [3.05, 3.63) is 59.9 Å². The number of anilines is 1. The number of hydrogen-bond donors (Lipinski definition) is 0. The molecule has 0 bridgehead atoms. The molecule has 1 spiro atoms. The number of methoxy groups -OCH3 is 1. The summed E-state index contributed by atoms with van der Waals surface area (Å²) < 4.78 is 18.9. The van der Waals surface area contributed by atoms with Crippen molar-refractivity contribution >= 4 is 11.6 Å². The Morgan fingerprint density at radius 1 is 1.14 bits per heavy atom. The van der Waals surface area contributed by atoms with E-state index >= 15 is 0 Å². The number of rotatable bonds is 4. The number of piperazine rings is 1. The van der Waals surface area contributed by atoms with E-state index in [0.717, 1.165) is 31.8 Å². The van der Waals surface area contributed by atoms with E-state index in [1.807, 2.05) is 25.2 Å². The lowest BCUT2D eigenvalue weighted by molar-refractivity contribution is -0.123. The monoisotopic (exact) mass is 383 g/mol. The van der Waals surface area contributed by atoms with Gasteiger partial charge >= 0.3 is 0 Å². The van der Waals surface area contributed by atoms with Gasteiger partial charge in [-0.05, 0) is 49.4 Å². The Morgan fingerprint density at radius 3 is 2.64 bits per heavy atom. The van der Waals surface area contributed by atoms with E-state index in [-0.39, 0.29) is 17.3 Å². The number of likely N-dealkylation sites (N-methyl/N-ethyl adjacent to an activating group) is 1. The number of nitrogens with zero attached hydrogens (tertiary/aromatic N) is 3. The maximum atomic E-state index is 13.7. The predicted octanol–water partition coefficient (Wildman–Crippen LogP) is 2.76. The lowest BCUT2D eigenvalue weighted by atomic mass is 9.92. The van der Waals surface area contributed by atoms with Gasteiger partial charge < -0.3 is 9.64 Å². The standard InChI is InChI=1S/C22H26FN3O2/c1-24-14-21(27)26(19-5-3-4-18(23)12-19)16-22(24)10-11-25(15-22)13-17-6-8-20(28-2)9-7-17/h3-9,12H,10-11,13-16H2,1-2H3/t22-/m1/s1. The van der Waals surface area contributed by atoms with Crippen LogP contribution in [0.5, 0.6) is 5.75 Å². The van der Waals surface area contributed by atoms with Crippen LogP contribution in [0.2, 0.25) is 0 Å². The highest BCUT2D eigenvalue weighted by Crippen LogP contribution is 2.34. The van der Waals surface area contributed by atoms with E-state index in [4.69, 9.17) is 4.74 Å². The van der Waals surface area contributed by atoms with Crippen molar-refractivity contribution in [2.75, 3.05) is 45.2 Å². The molecule has 0 N–H and O–H groups in total. The van der Waals surface area contributed by atoms with Gasteiger partial charge in [0.05, 0.1) is 19.2 Å². The Hall–Kier alpha value is -2.44. The average molecular weight is 383 g/mol.